The normalized spacial score (nSPS) is 31.1. The highest BCUT2D eigenvalue weighted by Gasteiger charge is 2.39. The summed E-state index contributed by atoms with van der Waals surface area (Å²) in [5.74, 6) is 0.390. The molecule has 0 saturated carbocycles. The lowest BCUT2D eigenvalue weighted by molar-refractivity contribution is 0.132. The van der Waals surface area contributed by atoms with E-state index in [1.807, 2.05) is 13.0 Å². The molecular formula is C17H28ClN. The summed E-state index contributed by atoms with van der Waals surface area (Å²) in [6.07, 6.45) is 7.63. The molecule has 108 valence electrons. The van der Waals surface area contributed by atoms with Crippen molar-refractivity contribution in [3.05, 3.63) is 34.5 Å². The van der Waals surface area contributed by atoms with Gasteiger partial charge in [0.15, 0.2) is 0 Å². The SMILES string of the molecule is C/C=C1\CC(C)([C@@H](C)/C(Cl)=C\C)CN(CC)\C1=C\C. The van der Waals surface area contributed by atoms with Crippen LogP contribution in [0.5, 0.6) is 0 Å². The second-order valence-electron chi connectivity index (χ2n) is 5.73. The fourth-order valence-electron chi connectivity index (χ4n) is 3.08. The maximum Gasteiger partial charge on any atom is 0.0352 e. The van der Waals surface area contributed by atoms with E-state index in [4.69, 9.17) is 11.6 Å². The van der Waals surface area contributed by atoms with Crippen LogP contribution >= 0.6 is 11.6 Å². The Morgan fingerprint density at radius 2 is 2.00 bits per heavy atom. The molecule has 2 heteroatoms. The molecule has 1 aliphatic rings. The third-order valence-electron chi connectivity index (χ3n) is 4.55. The highest BCUT2D eigenvalue weighted by Crippen LogP contribution is 2.46. The van der Waals surface area contributed by atoms with E-state index >= 15 is 0 Å². The van der Waals surface area contributed by atoms with Crippen LogP contribution in [0.25, 0.3) is 0 Å². The number of rotatable bonds is 3. The minimum absolute atomic E-state index is 0.202. The molecule has 1 heterocycles. The Balaban J connectivity index is 3.13. The fourth-order valence-corrected chi connectivity index (χ4v) is 3.34. The summed E-state index contributed by atoms with van der Waals surface area (Å²) in [5, 5.41) is 0.984. The number of likely N-dealkylation sites (N-methyl/N-ethyl adjacent to an activating group) is 1. The molecule has 1 unspecified atom stereocenters. The van der Waals surface area contributed by atoms with Gasteiger partial charge in [0.1, 0.15) is 0 Å². The number of piperidine rings is 1. The highest BCUT2D eigenvalue weighted by atomic mass is 35.5. The molecule has 0 bridgehead atoms. The van der Waals surface area contributed by atoms with Crippen LogP contribution in [0.1, 0.15) is 48.0 Å². The van der Waals surface area contributed by atoms with Crippen LogP contribution in [0.4, 0.5) is 0 Å². The Labute approximate surface area is 124 Å². The predicted octanol–water partition coefficient (Wildman–Crippen LogP) is 5.35. The van der Waals surface area contributed by atoms with Crippen molar-refractivity contribution < 1.29 is 0 Å². The zero-order valence-electron chi connectivity index (χ0n) is 13.3. The maximum atomic E-state index is 6.40. The molecule has 1 fully saturated rings. The van der Waals surface area contributed by atoms with Crippen molar-refractivity contribution in [2.45, 2.75) is 48.0 Å². The smallest absolute Gasteiger partial charge is 0.0352 e. The van der Waals surface area contributed by atoms with E-state index in [2.05, 4.69) is 51.7 Å². The van der Waals surface area contributed by atoms with E-state index in [1.54, 1.807) is 0 Å². The standard InChI is InChI=1S/C17H28ClN/c1-7-14-11-17(6,13(5)15(18)8-2)12-19(10-4)16(14)9-3/h7-9,13H,10-12H2,1-6H3/b14-7+,15-8+,16-9+/t13-,17?/m0/s1. The molecule has 2 atom stereocenters. The largest absolute Gasteiger partial charge is 0.371 e. The Bertz CT molecular complexity index is 405. The predicted molar refractivity (Wildman–Crippen MR) is 86.3 cm³/mol. The number of allylic oxidation sites excluding steroid dienone is 5. The molecule has 1 nitrogen and oxygen atoms in total. The zero-order valence-corrected chi connectivity index (χ0v) is 14.0. The van der Waals surface area contributed by atoms with Crippen LogP contribution in [0.2, 0.25) is 0 Å². The van der Waals surface area contributed by atoms with E-state index < -0.39 is 0 Å². The minimum atomic E-state index is 0.202. The van der Waals surface area contributed by atoms with Crippen LogP contribution in [0, 0.1) is 11.3 Å². The van der Waals surface area contributed by atoms with Gasteiger partial charge in [-0.25, -0.2) is 0 Å². The lowest BCUT2D eigenvalue weighted by Gasteiger charge is -2.47. The van der Waals surface area contributed by atoms with Crippen molar-refractivity contribution in [3.8, 4) is 0 Å². The average Bonchev–Trinajstić information content (AvgIpc) is 2.44. The molecule has 0 radical (unpaired) electrons. The number of hydrogen-bond acceptors (Lipinski definition) is 1. The van der Waals surface area contributed by atoms with Crippen molar-refractivity contribution in [1.82, 2.24) is 4.90 Å². The van der Waals surface area contributed by atoms with Crippen molar-refractivity contribution >= 4 is 11.6 Å². The van der Waals surface area contributed by atoms with Gasteiger partial charge in [-0.1, -0.05) is 43.7 Å². The van der Waals surface area contributed by atoms with E-state index in [0.717, 1.165) is 24.5 Å². The topological polar surface area (TPSA) is 3.24 Å². The summed E-state index contributed by atoms with van der Waals surface area (Å²) in [7, 11) is 0. The lowest BCUT2D eigenvalue weighted by Crippen LogP contribution is -2.44. The summed E-state index contributed by atoms with van der Waals surface area (Å²) in [5.41, 5.74) is 3.05. The van der Waals surface area contributed by atoms with Crippen LogP contribution in [0.3, 0.4) is 0 Å². The summed E-state index contributed by atoms with van der Waals surface area (Å²) in [6, 6.07) is 0. The molecule has 0 aliphatic carbocycles. The van der Waals surface area contributed by atoms with Crippen molar-refractivity contribution in [3.63, 3.8) is 0 Å². The Kier molecular flexibility index (Phi) is 5.73. The first-order chi connectivity index (χ1) is 8.93. The number of nitrogens with zero attached hydrogens (tertiary/aromatic N) is 1. The van der Waals surface area contributed by atoms with Crippen LogP contribution < -0.4 is 0 Å². The second-order valence-corrected chi connectivity index (χ2v) is 6.16. The van der Waals surface area contributed by atoms with Gasteiger partial charge in [-0.2, -0.15) is 0 Å². The Morgan fingerprint density at radius 3 is 2.42 bits per heavy atom. The van der Waals surface area contributed by atoms with E-state index in [1.165, 1.54) is 11.3 Å². The molecule has 1 aliphatic heterocycles. The van der Waals surface area contributed by atoms with Crippen LogP contribution in [0.15, 0.2) is 34.5 Å². The fraction of sp³-hybridized carbons (Fsp3) is 0.647. The van der Waals surface area contributed by atoms with E-state index in [-0.39, 0.29) is 5.41 Å². The first-order valence-electron chi connectivity index (χ1n) is 7.32. The molecule has 19 heavy (non-hydrogen) atoms. The minimum Gasteiger partial charge on any atom is -0.371 e. The molecule has 1 saturated heterocycles. The van der Waals surface area contributed by atoms with Gasteiger partial charge in [0.25, 0.3) is 0 Å². The zero-order chi connectivity index (χ0) is 14.6. The van der Waals surface area contributed by atoms with Gasteiger partial charge < -0.3 is 4.90 Å². The Morgan fingerprint density at radius 1 is 1.37 bits per heavy atom. The monoisotopic (exact) mass is 281 g/mol. The number of halogens is 1. The van der Waals surface area contributed by atoms with Crippen molar-refractivity contribution in [2.75, 3.05) is 13.1 Å². The van der Waals surface area contributed by atoms with E-state index in [0.29, 0.717) is 5.92 Å². The third kappa shape index (κ3) is 3.25. The molecule has 0 spiro atoms. The highest BCUT2D eigenvalue weighted by molar-refractivity contribution is 6.29. The average molecular weight is 282 g/mol. The molecule has 0 aromatic carbocycles. The van der Waals surface area contributed by atoms with Gasteiger partial charge in [0.2, 0.25) is 0 Å². The van der Waals surface area contributed by atoms with Crippen LogP contribution in [-0.2, 0) is 0 Å². The Hall–Kier alpha value is -0.690. The van der Waals surface area contributed by atoms with Crippen molar-refractivity contribution in [1.29, 1.82) is 0 Å². The number of likely N-dealkylation sites (tertiary alicyclic amines) is 1. The lowest BCUT2D eigenvalue weighted by atomic mass is 9.69. The molecular weight excluding hydrogens is 254 g/mol. The third-order valence-corrected chi connectivity index (χ3v) is 5.10. The van der Waals surface area contributed by atoms with Crippen LogP contribution in [-0.4, -0.2) is 18.0 Å². The molecule has 0 amide bonds. The summed E-state index contributed by atoms with van der Waals surface area (Å²) in [6.45, 7) is 15.3. The molecule has 0 aromatic rings. The molecule has 1 rings (SSSR count). The first-order valence-corrected chi connectivity index (χ1v) is 7.69. The maximum absolute atomic E-state index is 6.40. The summed E-state index contributed by atoms with van der Waals surface area (Å²) >= 11 is 6.40. The van der Waals surface area contributed by atoms with Gasteiger partial charge in [0, 0.05) is 23.8 Å². The van der Waals surface area contributed by atoms with E-state index in [9.17, 15) is 0 Å². The van der Waals surface area contributed by atoms with Gasteiger partial charge in [0.05, 0.1) is 0 Å². The summed E-state index contributed by atoms with van der Waals surface area (Å²) in [4.78, 5) is 2.48. The first kappa shape index (κ1) is 16.4. The number of hydrogen-bond donors (Lipinski definition) is 0. The molecule has 0 N–H and O–H groups in total. The van der Waals surface area contributed by atoms with Gasteiger partial charge >= 0.3 is 0 Å². The van der Waals surface area contributed by atoms with Gasteiger partial charge in [-0.3, -0.25) is 0 Å². The second kappa shape index (κ2) is 6.65. The quantitative estimate of drug-likeness (QED) is 0.674. The van der Waals surface area contributed by atoms with Gasteiger partial charge in [-0.15, -0.1) is 0 Å². The van der Waals surface area contributed by atoms with Crippen molar-refractivity contribution in [2.24, 2.45) is 11.3 Å². The molecule has 0 aromatic heterocycles. The van der Waals surface area contributed by atoms with Gasteiger partial charge in [-0.05, 0) is 51.0 Å². The summed E-state index contributed by atoms with van der Waals surface area (Å²) < 4.78 is 0.